The summed E-state index contributed by atoms with van der Waals surface area (Å²) in [6, 6.07) is 5.27. The van der Waals surface area contributed by atoms with E-state index in [4.69, 9.17) is 0 Å². The number of carbonyl (C=O) groups is 1. The number of aryl methyl sites for hydroxylation is 1. The summed E-state index contributed by atoms with van der Waals surface area (Å²) in [5.74, 6) is 0.528. The van der Waals surface area contributed by atoms with Gasteiger partial charge in [-0.1, -0.05) is 0 Å². The van der Waals surface area contributed by atoms with Crippen molar-refractivity contribution in [3.05, 3.63) is 52.1 Å². The van der Waals surface area contributed by atoms with Crippen molar-refractivity contribution in [2.45, 2.75) is 6.92 Å². The van der Waals surface area contributed by atoms with Crippen molar-refractivity contribution < 1.29 is 4.79 Å². The lowest BCUT2D eigenvalue weighted by Gasteiger charge is -2.32. The molecule has 3 rings (SSSR count). The maximum absolute atomic E-state index is 12.5. The van der Waals surface area contributed by atoms with Crippen LogP contribution in [0.25, 0.3) is 0 Å². The molecule has 1 fully saturated rings. The first-order chi connectivity index (χ1) is 11.5. The lowest BCUT2D eigenvalue weighted by molar-refractivity contribution is 0.0663. The molecule has 0 aliphatic carbocycles. The van der Waals surface area contributed by atoms with Crippen LogP contribution in [0.1, 0.15) is 15.9 Å². The number of nitrogens with zero attached hydrogens (tertiary/aromatic N) is 3. The third-order valence-electron chi connectivity index (χ3n) is 4.22. The largest absolute Gasteiger partial charge is 0.336 e. The van der Waals surface area contributed by atoms with Gasteiger partial charge in [-0.3, -0.25) is 9.59 Å². The Morgan fingerprint density at radius 3 is 2.58 bits per heavy atom. The molecule has 126 valence electrons. The molecule has 2 aromatic heterocycles. The van der Waals surface area contributed by atoms with Gasteiger partial charge in [0.25, 0.3) is 11.5 Å². The summed E-state index contributed by atoms with van der Waals surface area (Å²) < 4.78 is 0. The molecule has 1 saturated heterocycles. The van der Waals surface area contributed by atoms with E-state index in [1.807, 2.05) is 17.9 Å². The quantitative estimate of drug-likeness (QED) is 0.885. The van der Waals surface area contributed by atoms with Gasteiger partial charge in [-0.2, -0.15) is 0 Å². The van der Waals surface area contributed by atoms with Crippen LogP contribution in [-0.4, -0.2) is 58.9 Å². The van der Waals surface area contributed by atoms with Gasteiger partial charge in [0.05, 0.1) is 5.56 Å². The maximum atomic E-state index is 12.5. The van der Waals surface area contributed by atoms with Gasteiger partial charge in [-0.25, -0.2) is 4.98 Å². The number of anilines is 2. The van der Waals surface area contributed by atoms with Crippen molar-refractivity contribution in [1.29, 1.82) is 0 Å². The summed E-state index contributed by atoms with van der Waals surface area (Å²) in [7, 11) is 2.05. The molecule has 1 aliphatic rings. The van der Waals surface area contributed by atoms with Crippen LogP contribution in [0.2, 0.25) is 0 Å². The highest BCUT2D eigenvalue weighted by atomic mass is 16.2. The zero-order valence-corrected chi connectivity index (χ0v) is 13.9. The van der Waals surface area contributed by atoms with Crippen LogP contribution >= 0.6 is 0 Å². The minimum Gasteiger partial charge on any atom is -0.336 e. The Kier molecular flexibility index (Phi) is 4.61. The molecule has 0 unspecified atom stereocenters. The number of aromatic amines is 1. The first-order valence-corrected chi connectivity index (χ1v) is 7.94. The van der Waals surface area contributed by atoms with E-state index in [0.717, 1.165) is 31.7 Å². The van der Waals surface area contributed by atoms with Gasteiger partial charge in [-0.15, -0.1) is 0 Å². The fourth-order valence-electron chi connectivity index (χ4n) is 2.65. The van der Waals surface area contributed by atoms with Crippen LogP contribution in [0.5, 0.6) is 0 Å². The normalized spacial score (nSPS) is 15.3. The smallest absolute Gasteiger partial charge is 0.271 e. The zero-order valence-electron chi connectivity index (χ0n) is 13.9. The van der Waals surface area contributed by atoms with Gasteiger partial charge < -0.3 is 20.1 Å². The minimum atomic E-state index is -0.200. The number of likely N-dealkylation sites (N-methyl/N-ethyl adjacent to an activating group) is 1. The summed E-state index contributed by atoms with van der Waals surface area (Å²) >= 11 is 0. The number of amides is 1. The Labute approximate surface area is 140 Å². The molecule has 0 radical (unpaired) electrons. The lowest BCUT2D eigenvalue weighted by Crippen LogP contribution is -2.47. The zero-order chi connectivity index (χ0) is 17.1. The highest BCUT2D eigenvalue weighted by Gasteiger charge is 2.20. The Hall–Kier alpha value is -2.67. The van der Waals surface area contributed by atoms with Gasteiger partial charge >= 0.3 is 0 Å². The third kappa shape index (κ3) is 3.46. The molecule has 3 heterocycles. The number of nitrogens with one attached hydrogen (secondary N) is 2. The van der Waals surface area contributed by atoms with E-state index >= 15 is 0 Å². The van der Waals surface area contributed by atoms with Gasteiger partial charge in [0.1, 0.15) is 11.5 Å². The van der Waals surface area contributed by atoms with Crippen molar-refractivity contribution in [3.63, 3.8) is 0 Å². The highest BCUT2D eigenvalue weighted by molar-refractivity contribution is 5.94. The second-order valence-corrected chi connectivity index (χ2v) is 6.02. The molecule has 0 atom stereocenters. The monoisotopic (exact) mass is 327 g/mol. The molecular formula is C17H21N5O2. The average molecular weight is 327 g/mol. The van der Waals surface area contributed by atoms with E-state index in [1.165, 1.54) is 0 Å². The molecule has 7 heteroatoms. The average Bonchev–Trinajstić information content (AvgIpc) is 2.59. The number of pyridine rings is 2. The Bertz CT molecular complexity index is 776. The van der Waals surface area contributed by atoms with Gasteiger partial charge in [-0.05, 0) is 37.7 Å². The van der Waals surface area contributed by atoms with E-state index in [0.29, 0.717) is 17.1 Å². The van der Waals surface area contributed by atoms with Crippen LogP contribution in [0, 0.1) is 6.92 Å². The SMILES string of the molecule is Cc1cc[nH]c(=O)c1Nc1ccc(C(=O)N2CCN(C)CC2)cn1. The number of hydrogen-bond donors (Lipinski definition) is 2. The topological polar surface area (TPSA) is 81.3 Å². The minimum absolute atomic E-state index is 0.00381. The summed E-state index contributed by atoms with van der Waals surface area (Å²) in [6.45, 7) is 5.08. The van der Waals surface area contributed by atoms with E-state index in [9.17, 15) is 9.59 Å². The molecule has 2 N–H and O–H groups in total. The number of hydrogen-bond acceptors (Lipinski definition) is 5. The molecular weight excluding hydrogens is 306 g/mol. The molecule has 1 amide bonds. The number of H-pyrrole nitrogens is 1. The first kappa shape index (κ1) is 16.2. The summed E-state index contributed by atoms with van der Waals surface area (Å²) in [6.07, 6.45) is 3.16. The second kappa shape index (κ2) is 6.84. The Morgan fingerprint density at radius 2 is 1.96 bits per heavy atom. The number of rotatable bonds is 3. The summed E-state index contributed by atoms with van der Waals surface area (Å²) in [4.78, 5) is 35.3. The Morgan fingerprint density at radius 1 is 1.21 bits per heavy atom. The number of piperazine rings is 1. The molecule has 2 aromatic rings. The van der Waals surface area contributed by atoms with Crippen molar-refractivity contribution in [2.75, 3.05) is 38.5 Å². The first-order valence-electron chi connectivity index (χ1n) is 7.94. The van der Waals surface area contributed by atoms with Gasteiger partial charge in [0.2, 0.25) is 0 Å². The molecule has 0 bridgehead atoms. The predicted molar refractivity (Wildman–Crippen MR) is 92.7 cm³/mol. The van der Waals surface area contributed by atoms with Crippen molar-refractivity contribution in [3.8, 4) is 0 Å². The summed E-state index contributed by atoms with van der Waals surface area (Å²) in [5, 5.41) is 3.01. The molecule has 0 aromatic carbocycles. The lowest BCUT2D eigenvalue weighted by atomic mass is 10.2. The predicted octanol–water partition coefficient (Wildman–Crippen LogP) is 1.21. The van der Waals surface area contributed by atoms with E-state index in [2.05, 4.69) is 27.2 Å². The molecule has 0 spiro atoms. The summed E-state index contributed by atoms with van der Waals surface area (Å²) in [5.41, 5.74) is 1.65. The van der Waals surface area contributed by atoms with E-state index < -0.39 is 0 Å². The standard InChI is InChI=1S/C17H21N5O2/c1-12-5-6-18-16(23)15(12)20-14-4-3-13(11-19-14)17(24)22-9-7-21(2)8-10-22/h3-6,11H,7-10H2,1-2H3,(H,18,23)(H,19,20). The molecule has 7 nitrogen and oxygen atoms in total. The van der Waals surface area contributed by atoms with Crippen LogP contribution in [0.15, 0.2) is 35.4 Å². The second-order valence-electron chi connectivity index (χ2n) is 6.02. The molecule has 24 heavy (non-hydrogen) atoms. The number of carbonyl (C=O) groups excluding carboxylic acids is 1. The molecule has 1 aliphatic heterocycles. The maximum Gasteiger partial charge on any atom is 0.271 e. The van der Waals surface area contributed by atoms with E-state index in [1.54, 1.807) is 24.5 Å². The Balaban J connectivity index is 1.71. The van der Waals surface area contributed by atoms with Gasteiger partial charge in [0.15, 0.2) is 0 Å². The van der Waals surface area contributed by atoms with Crippen molar-refractivity contribution >= 4 is 17.4 Å². The highest BCUT2D eigenvalue weighted by Crippen LogP contribution is 2.15. The van der Waals surface area contributed by atoms with Crippen LogP contribution in [0.4, 0.5) is 11.5 Å². The van der Waals surface area contributed by atoms with E-state index in [-0.39, 0.29) is 11.5 Å². The fourth-order valence-corrected chi connectivity index (χ4v) is 2.65. The third-order valence-corrected chi connectivity index (χ3v) is 4.22. The number of aromatic nitrogens is 2. The van der Waals surface area contributed by atoms with Crippen molar-refractivity contribution in [1.82, 2.24) is 19.8 Å². The van der Waals surface area contributed by atoms with Crippen molar-refractivity contribution in [2.24, 2.45) is 0 Å². The van der Waals surface area contributed by atoms with Crippen LogP contribution in [0.3, 0.4) is 0 Å². The van der Waals surface area contributed by atoms with Gasteiger partial charge in [0, 0.05) is 38.6 Å². The van der Waals surface area contributed by atoms with Crippen LogP contribution in [-0.2, 0) is 0 Å². The molecule has 0 saturated carbocycles. The fraction of sp³-hybridized carbons (Fsp3) is 0.353. The van der Waals surface area contributed by atoms with Crippen LogP contribution < -0.4 is 10.9 Å².